The molecule has 1 rings (SSSR count). The molecule has 5 nitrogen and oxygen atoms in total. The van der Waals surface area contributed by atoms with E-state index in [9.17, 15) is 8.42 Å². The van der Waals surface area contributed by atoms with Crippen molar-refractivity contribution in [2.45, 2.75) is 25.5 Å². The Morgan fingerprint density at radius 3 is 2.13 bits per heavy atom. The molecular weight excluding hydrogens is 240 g/mol. The van der Waals surface area contributed by atoms with E-state index >= 15 is 0 Å². The van der Waals surface area contributed by atoms with Crippen LogP contribution in [0.1, 0.15) is 20.3 Å². The Kier molecular flexibility index (Phi) is 8.60. The Morgan fingerprint density at radius 2 is 2.07 bits per heavy atom. The molecule has 0 spiro atoms. The minimum Gasteiger partial charge on any atom is -0.341 e. The normalized spacial score (nSPS) is 12.0. The molecule has 1 atom stereocenters. The zero-order chi connectivity index (χ0) is 11.2. The predicted octanol–water partition coefficient (Wildman–Crippen LogP) is 1.51. The fraction of sp³-hybridized carbons (Fsp3) is 0.625. The Balaban J connectivity index is 0. The molecule has 0 fully saturated rings. The summed E-state index contributed by atoms with van der Waals surface area (Å²) in [7, 11) is -1.82. The molecule has 15 heavy (non-hydrogen) atoms. The predicted molar refractivity (Wildman–Crippen MR) is 61.8 cm³/mol. The molecule has 0 saturated carbocycles. The molecule has 0 aliphatic carbocycles. The molecule has 0 amide bonds. The van der Waals surface area contributed by atoms with E-state index < -0.39 is 15.4 Å². The zero-order valence-electron chi connectivity index (χ0n) is 8.99. The van der Waals surface area contributed by atoms with Crippen LogP contribution in [0, 0.1) is 0 Å². The topological polar surface area (TPSA) is 72.2 Å². The van der Waals surface area contributed by atoms with E-state index in [1.807, 2.05) is 17.8 Å². The Morgan fingerprint density at radius 1 is 1.53 bits per heavy atom. The molecule has 0 bridgehead atoms. The second-order valence-corrected chi connectivity index (χ2v) is 4.80. The molecule has 0 radical (unpaired) electrons. The van der Waals surface area contributed by atoms with Crippen LogP contribution < -0.4 is 0 Å². The van der Waals surface area contributed by atoms with Crippen LogP contribution in [0.4, 0.5) is 0 Å². The Bertz CT molecular complexity index is 337. The second kappa shape index (κ2) is 7.67. The van der Waals surface area contributed by atoms with Gasteiger partial charge in [0.05, 0.1) is 11.6 Å². The largest absolute Gasteiger partial charge is 0.341 e. The standard InChI is InChI=1S/C4H6N2.C4H10O3S.ClH/c1-6-3-2-5-4-6;1-3-4(2)8(5,6)7;/h2-4H,1H3;4H,3H2,1-2H3,(H,5,6,7);1H. The smallest absolute Gasteiger partial charge is 0.267 e. The van der Waals surface area contributed by atoms with Crippen LogP contribution >= 0.6 is 12.4 Å². The minimum atomic E-state index is -3.75. The van der Waals surface area contributed by atoms with Gasteiger partial charge < -0.3 is 4.57 Å². The lowest BCUT2D eigenvalue weighted by atomic mass is 10.4. The van der Waals surface area contributed by atoms with Gasteiger partial charge in [0.2, 0.25) is 0 Å². The first-order valence-corrected chi connectivity index (χ1v) is 5.76. The molecule has 7 heteroatoms. The average molecular weight is 257 g/mol. The SMILES string of the molecule is CCC(C)S(=O)(=O)O.Cl.Cn1ccnc1. The summed E-state index contributed by atoms with van der Waals surface area (Å²) in [5.74, 6) is 0. The molecule has 0 aromatic carbocycles. The highest BCUT2D eigenvalue weighted by Gasteiger charge is 2.13. The summed E-state index contributed by atoms with van der Waals surface area (Å²) >= 11 is 0. The van der Waals surface area contributed by atoms with Crippen LogP contribution in [0.25, 0.3) is 0 Å². The van der Waals surface area contributed by atoms with Gasteiger partial charge >= 0.3 is 0 Å². The van der Waals surface area contributed by atoms with Crippen LogP contribution in [0.15, 0.2) is 18.7 Å². The first-order chi connectivity index (χ1) is 6.38. The van der Waals surface area contributed by atoms with Crippen molar-refractivity contribution < 1.29 is 13.0 Å². The number of halogens is 1. The summed E-state index contributed by atoms with van der Waals surface area (Å²) in [5.41, 5.74) is 0. The third kappa shape index (κ3) is 8.41. The number of hydrogen-bond acceptors (Lipinski definition) is 3. The van der Waals surface area contributed by atoms with E-state index in [1.165, 1.54) is 6.92 Å². The maximum absolute atomic E-state index is 10.1. The van der Waals surface area contributed by atoms with E-state index in [0.717, 1.165) is 0 Å². The molecular formula is C8H17ClN2O3S. The van der Waals surface area contributed by atoms with Crippen molar-refractivity contribution in [3.63, 3.8) is 0 Å². The molecule has 0 aliphatic rings. The molecule has 1 heterocycles. The van der Waals surface area contributed by atoms with Gasteiger partial charge in [-0.05, 0) is 13.3 Å². The highest BCUT2D eigenvalue weighted by atomic mass is 35.5. The van der Waals surface area contributed by atoms with Gasteiger partial charge in [-0.1, -0.05) is 6.92 Å². The third-order valence-electron chi connectivity index (χ3n) is 1.72. The number of aromatic nitrogens is 2. The summed E-state index contributed by atoms with van der Waals surface area (Å²) in [6.07, 6.45) is 5.85. The molecule has 1 aromatic rings. The minimum absolute atomic E-state index is 0. The fourth-order valence-corrected chi connectivity index (χ4v) is 0.958. The molecule has 0 aliphatic heterocycles. The van der Waals surface area contributed by atoms with Gasteiger partial charge in [-0.2, -0.15) is 8.42 Å². The number of aryl methyl sites for hydroxylation is 1. The highest BCUT2D eigenvalue weighted by Crippen LogP contribution is 1.99. The fourth-order valence-electron chi connectivity index (χ4n) is 0.536. The first kappa shape index (κ1) is 16.8. The van der Waals surface area contributed by atoms with Crippen LogP contribution in [0.2, 0.25) is 0 Å². The molecule has 1 aromatic heterocycles. The third-order valence-corrected chi connectivity index (χ3v) is 3.07. The number of rotatable bonds is 2. The molecule has 1 unspecified atom stereocenters. The maximum Gasteiger partial charge on any atom is 0.267 e. The van der Waals surface area contributed by atoms with Gasteiger partial charge in [-0.25, -0.2) is 4.98 Å². The summed E-state index contributed by atoms with van der Waals surface area (Å²) in [4.78, 5) is 3.78. The molecule has 90 valence electrons. The monoisotopic (exact) mass is 256 g/mol. The Hall–Kier alpha value is -0.590. The zero-order valence-corrected chi connectivity index (χ0v) is 10.6. The Labute approximate surface area is 96.7 Å². The highest BCUT2D eigenvalue weighted by molar-refractivity contribution is 7.86. The average Bonchev–Trinajstić information content (AvgIpc) is 2.54. The summed E-state index contributed by atoms with van der Waals surface area (Å²) < 4.78 is 30.4. The van der Waals surface area contributed by atoms with Gasteiger partial charge in [-0.15, -0.1) is 12.4 Å². The number of nitrogens with zero attached hydrogens (tertiary/aromatic N) is 2. The lowest BCUT2D eigenvalue weighted by Gasteiger charge is -2.00. The van der Waals surface area contributed by atoms with Crippen LogP contribution in [0.3, 0.4) is 0 Å². The van der Waals surface area contributed by atoms with Crippen molar-refractivity contribution in [3.05, 3.63) is 18.7 Å². The van der Waals surface area contributed by atoms with Crippen molar-refractivity contribution in [2.24, 2.45) is 7.05 Å². The quantitative estimate of drug-likeness (QED) is 0.815. The summed E-state index contributed by atoms with van der Waals surface area (Å²) in [5, 5.41) is -0.623. The van der Waals surface area contributed by atoms with Crippen LogP contribution in [0.5, 0.6) is 0 Å². The van der Waals surface area contributed by atoms with Crippen LogP contribution in [-0.4, -0.2) is 27.8 Å². The summed E-state index contributed by atoms with van der Waals surface area (Å²) in [6.45, 7) is 3.17. The van der Waals surface area contributed by atoms with Gasteiger partial charge in [0, 0.05) is 19.4 Å². The van der Waals surface area contributed by atoms with Gasteiger partial charge in [0.15, 0.2) is 0 Å². The van der Waals surface area contributed by atoms with E-state index in [-0.39, 0.29) is 12.4 Å². The van der Waals surface area contributed by atoms with Crippen molar-refractivity contribution in [2.75, 3.05) is 0 Å². The number of imidazole rings is 1. The lowest BCUT2D eigenvalue weighted by Crippen LogP contribution is -2.14. The van der Waals surface area contributed by atoms with Gasteiger partial charge in [-0.3, -0.25) is 4.55 Å². The van der Waals surface area contributed by atoms with E-state index in [2.05, 4.69) is 4.98 Å². The van der Waals surface area contributed by atoms with E-state index in [0.29, 0.717) is 6.42 Å². The molecule has 1 N–H and O–H groups in total. The van der Waals surface area contributed by atoms with E-state index in [1.54, 1.807) is 19.4 Å². The van der Waals surface area contributed by atoms with Gasteiger partial charge in [0.25, 0.3) is 10.1 Å². The van der Waals surface area contributed by atoms with E-state index in [4.69, 9.17) is 4.55 Å². The first-order valence-electron chi connectivity index (χ1n) is 4.26. The second-order valence-electron chi connectivity index (χ2n) is 2.96. The maximum atomic E-state index is 10.1. The molecule has 0 saturated heterocycles. The summed E-state index contributed by atoms with van der Waals surface area (Å²) in [6, 6.07) is 0. The van der Waals surface area contributed by atoms with Crippen molar-refractivity contribution in [1.82, 2.24) is 9.55 Å². The van der Waals surface area contributed by atoms with Gasteiger partial charge in [0.1, 0.15) is 0 Å². The van der Waals surface area contributed by atoms with Crippen molar-refractivity contribution in [3.8, 4) is 0 Å². The van der Waals surface area contributed by atoms with Crippen molar-refractivity contribution in [1.29, 1.82) is 0 Å². The lowest BCUT2D eigenvalue weighted by molar-refractivity contribution is 0.468. The number of hydrogen-bond donors (Lipinski definition) is 1. The van der Waals surface area contributed by atoms with Crippen molar-refractivity contribution >= 4 is 22.5 Å². The van der Waals surface area contributed by atoms with Crippen LogP contribution in [-0.2, 0) is 17.2 Å².